The first-order chi connectivity index (χ1) is 15.0. The standard InChI is InChI=1S/C21H18ClFN4O4/c22-12-7-8-14(15-16(12)24-19(28)26-21(15)9-2-1-3-10-21)30-17-11(5-4-6-13(17)23)18-25-20(29)31-27-18/h4-8H,1-3,9-10H2,(H2,24,26,28)(H,25,27,29). The Kier molecular flexibility index (Phi) is 4.70. The number of ether oxygens (including phenoxy) is 1. The molecule has 8 nitrogen and oxygen atoms in total. The Morgan fingerprint density at radius 1 is 1.13 bits per heavy atom. The summed E-state index contributed by atoms with van der Waals surface area (Å²) < 4.78 is 25.5. The fourth-order valence-corrected chi connectivity index (χ4v) is 4.66. The van der Waals surface area contributed by atoms with Gasteiger partial charge in [0, 0.05) is 5.56 Å². The number of aromatic amines is 1. The van der Waals surface area contributed by atoms with Crippen LogP contribution in [0.15, 0.2) is 39.6 Å². The maximum absolute atomic E-state index is 14.8. The van der Waals surface area contributed by atoms with Gasteiger partial charge < -0.3 is 15.4 Å². The van der Waals surface area contributed by atoms with Gasteiger partial charge in [0.05, 0.1) is 21.8 Å². The minimum atomic E-state index is -0.762. The number of nitrogens with one attached hydrogen (secondary N) is 3. The lowest BCUT2D eigenvalue weighted by Gasteiger charge is -2.43. The number of carbonyl (C=O) groups excluding carboxylic acids is 1. The molecule has 0 atom stereocenters. The summed E-state index contributed by atoms with van der Waals surface area (Å²) in [5.74, 6) is -1.13. The van der Waals surface area contributed by atoms with Crippen molar-refractivity contribution in [2.75, 3.05) is 5.32 Å². The highest BCUT2D eigenvalue weighted by Gasteiger charge is 2.43. The first kappa shape index (κ1) is 19.6. The summed E-state index contributed by atoms with van der Waals surface area (Å²) in [6, 6.07) is 7.20. The fraction of sp³-hybridized carbons (Fsp3) is 0.286. The van der Waals surface area contributed by atoms with Crippen molar-refractivity contribution in [1.29, 1.82) is 0 Å². The average Bonchev–Trinajstić information content (AvgIpc) is 3.18. The lowest BCUT2D eigenvalue weighted by Crippen LogP contribution is -2.52. The predicted molar refractivity (Wildman–Crippen MR) is 111 cm³/mol. The van der Waals surface area contributed by atoms with Gasteiger partial charge in [-0.05, 0) is 37.1 Å². The quantitative estimate of drug-likeness (QED) is 0.531. The third-order valence-electron chi connectivity index (χ3n) is 5.77. The number of anilines is 1. The number of rotatable bonds is 3. The van der Waals surface area contributed by atoms with Crippen LogP contribution in [0.25, 0.3) is 11.4 Å². The van der Waals surface area contributed by atoms with E-state index in [2.05, 4.69) is 25.3 Å². The Balaban J connectivity index is 1.67. The highest BCUT2D eigenvalue weighted by molar-refractivity contribution is 6.34. The number of aromatic nitrogens is 2. The third-order valence-corrected chi connectivity index (χ3v) is 6.08. The van der Waals surface area contributed by atoms with Gasteiger partial charge in [-0.3, -0.25) is 9.51 Å². The monoisotopic (exact) mass is 444 g/mol. The first-order valence-corrected chi connectivity index (χ1v) is 10.3. The Bertz CT molecular complexity index is 1230. The van der Waals surface area contributed by atoms with E-state index in [1.807, 2.05) is 0 Å². The average molecular weight is 445 g/mol. The largest absolute Gasteiger partial charge is 0.453 e. The van der Waals surface area contributed by atoms with E-state index in [0.29, 0.717) is 34.9 Å². The van der Waals surface area contributed by atoms with E-state index in [-0.39, 0.29) is 23.2 Å². The molecule has 1 aromatic heterocycles. The highest BCUT2D eigenvalue weighted by Crippen LogP contribution is 2.50. The maximum Gasteiger partial charge on any atom is 0.439 e. The van der Waals surface area contributed by atoms with Crippen LogP contribution < -0.4 is 21.1 Å². The van der Waals surface area contributed by atoms with Crippen molar-refractivity contribution in [1.82, 2.24) is 15.5 Å². The van der Waals surface area contributed by atoms with Crippen LogP contribution in [0.5, 0.6) is 11.5 Å². The van der Waals surface area contributed by atoms with Crippen LogP contribution in [0.1, 0.15) is 37.7 Å². The number of carbonyl (C=O) groups is 1. The molecule has 1 aliphatic carbocycles. The van der Waals surface area contributed by atoms with E-state index in [1.54, 1.807) is 18.2 Å². The van der Waals surface area contributed by atoms with Gasteiger partial charge in [0.1, 0.15) is 5.75 Å². The fourth-order valence-electron chi connectivity index (χ4n) is 4.45. The van der Waals surface area contributed by atoms with E-state index in [9.17, 15) is 14.0 Å². The number of H-pyrrole nitrogens is 1. The number of benzene rings is 2. The first-order valence-electron chi connectivity index (χ1n) is 9.92. The molecule has 2 aliphatic rings. The van der Waals surface area contributed by atoms with Crippen molar-refractivity contribution < 1.29 is 18.4 Å². The summed E-state index contributed by atoms with van der Waals surface area (Å²) in [6.45, 7) is 0. The van der Waals surface area contributed by atoms with E-state index in [0.717, 1.165) is 19.3 Å². The third kappa shape index (κ3) is 3.34. The van der Waals surface area contributed by atoms with E-state index in [4.69, 9.17) is 16.3 Å². The zero-order chi connectivity index (χ0) is 21.6. The molecule has 1 saturated carbocycles. The number of fused-ring (bicyclic) bond motifs is 2. The molecule has 1 fully saturated rings. The predicted octanol–water partition coefficient (Wildman–Crippen LogP) is 4.91. The summed E-state index contributed by atoms with van der Waals surface area (Å²) in [6.07, 6.45) is 4.34. The van der Waals surface area contributed by atoms with Crippen LogP contribution in [0.3, 0.4) is 0 Å². The van der Waals surface area contributed by atoms with Crippen LogP contribution >= 0.6 is 11.6 Å². The molecule has 3 N–H and O–H groups in total. The molecule has 1 aliphatic heterocycles. The normalized spacial score (nSPS) is 17.0. The summed E-state index contributed by atoms with van der Waals surface area (Å²) >= 11 is 6.41. The second-order valence-corrected chi connectivity index (χ2v) is 8.09. The van der Waals surface area contributed by atoms with Crippen molar-refractivity contribution in [3.8, 4) is 22.9 Å². The number of halogens is 2. The molecule has 31 heavy (non-hydrogen) atoms. The SMILES string of the molecule is O=C1Nc2c(Cl)ccc(Oc3c(F)cccc3-c3noc(=O)[nH]3)c2C2(CCCCC2)N1. The van der Waals surface area contributed by atoms with Gasteiger partial charge in [-0.25, -0.2) is 14.0 Å². The molecule has 10 heteroatoms. The molecule has 160 valence electrons. The zero-order valence-electron chi connectivity index (χ0n) is 16.3. The Morgan fingerprint density at radius 2 is 1.94 bits per heavy atom. The molecule has 2 aromatic carbocycles. The molecule has 0 saturated heterocycles. The van der Waals surface area contributed by atoms with Crippen molar-refractivity contribution >= 4 is 23.3 Å². The van der Waals surface area contributed by atoms with Gasteiger partial charge in [0.2, 0.25) is 0 Å². The molecule has 0 radical (unpaired) electrons. The molecule has 5 rings (SSSR count). The highest BCUT2D eigenvalue weighted by atomic mass is 35.5. The summed E-state index contributed by atoms with van der Waals surface area (Å²) in [7, 11) is 0. The molecule has 2 heterocycles. The van der Waals surface area contributed by atoms with Crippen molar-refractivity contribution in [3.05, 3.63) is 57.3 Å². The number of hydrogen-bond donors (Lipinski definition) is 3. The van der Waals surface area contributed by atoms with Gasteiger partial charge in [-0.1, -0.05) is 42.1 Å². The Hall–Kier alpha value is -3.33. The van der Waals surface area contributed by atoms with Gasteiger partial charge in [-0.2, -0.15) is 0 Å². The smallest absolute Gasteiger partial charge is 0.439 e. The Morgan fingerprint density at radius 3 is 2.68 bits per heavy atom. The molecule has 1 spiro atoms. The van der Waals surface area contributed by atoms with Crippen LogP contribution in [-0.2, 0) is 5.54 Å². The number of hydrogen-bond acceptors (Lipinski definition) is 5. The van der Waals surface area contributed by atoms with Gasteiger partial charge in [0.15, 0.2) is 17.4 Å². The van der Waals surface area contributed by atoms with Crippen molar-refractivity contribution in [2.45, 2.75) is 37.6 Å². The number of urea groups is 1. The summed E-state index contributed by atoms with van der Waals surface area (Å²) in [4.78, 5) is 26.2. The van der Waals surface area contributed by atoms with Crippen LogP contribution in [-0.4, -0.2) is 16.2 Å². The van der Waals surface area contributed by atoms with Crippen LogP contribution in [0.2, 0.25) is 5.02 Å². The molecular weight excluding hydrogens is 427 g/mol. The van der Waals surface area contributed by atoms with Crippen LogP contribution in [0, 0.1) is 5.82 Å². The lowest BCUT2D eigenvalue weighted by atomic mass is 9.74. The Labute approximate surface area is 180 Å². The number of nitrogens with zero attached hydrogens (tertiary/aromatic N) is 1. The van der Waals surface area contributed by atoms with E-state index >= 15 is 0 Å². The summed E-state index contributed by atoms with van der Waals surface area (Å²) in [5, 5.41) is 9.82. The van der Waals surface area contributed by atoms with Gasteiger partial charge in [0.25, 0.3) is 0 Å². The topological polar surface area (TPSA) is 109 Å². The second-order valence-electron chi connectivity index (χ2n) is 7.68. The lowest BCUT2D eigenvalue weighted by molar-refractivity contribution is 0.206. The minimum Gasteiger partial charge on any atom is -0.453 e. The van der Waals surface area contributed by atoms with E-state index < -0.39 is 17.1 Å². The zero-order valence-corrected chi connectivity index (χ0v) is 17.0. The minimum absolute atomic E-state index is 0.0427. The molecule has 3 aromatic rings. The molecule has 2 amide bonds. The van der Waals surface area contributed by atoms with Crippen LogP contribution in [0.4, 0.5) is 14.9 Å². The number of amides is 2. The van der Waals surface area contributed by atoms with Gasteiger partial charge in [-0.15, -0.1) is 0 Å². The summed E-state index contributed by atoms with van der Waals surface area (Å²) in [5.41, 5.74) is 0.698. The second kappa shape index (κ2) is 7.42. The van der Waals surface area contributed by atoms with Crippen molar-refractivity contribution in [3.63, 3.8) is 0 Å². The molecule has 0 bridgehead atoms. The molecule has 0 unspecified atom stereocenters. The maximum atomic E-state index is 14.8. The van der Waals surface area contributed by atoms with Gasteiger partial charge >= 0.3 is 11.8 Å². The number of para-hydroxylation sites is 1. The van der Waals surface area contributed by atoms with E-state index in [1.165, 1.54) is 12.1 Å². The van der Waals surface area contributed by atoms with Crippen molar-refractivity contribution in [2.24, 2.45) is 0 Å². The molecular formula is C21H18ClFN4O4.